The molecule has 0 aliphatic heterocycles. The fourth-order valence-corrected chi connectivity index (χ4v) is 3.02. The Hall–Kier alpha value is -1.20. The Balaban J connectivity index is 2.42. The highest BCUT2D eigenvalue weighted by molar-refractivity contribution is 8.07. The van der Waals surface area contributed by atoms with Gasteiger partial charge in [0.1, 0.15) is 11.3 Å². The fraction of sp³-hybridized carbons (Fsp3) is 0.250. The van der Waals surface area contributed by atoms with Crippen molar-refractivity contribution in [2.45, 2.75) is 13.8 Å². The van der Waals surface area contributed by atoms with E-state index in [1.54, 1.807) is 19.1 Å². The lowest BCUT2D eigenvalue weighted by Gasteiger charge is -2.15. The molecule has 0 aliphatic carbocycles. The monoisotopic (exact) mass is 300 g/mol. The van der Waals surface area contributed by atoms with Crippen LogP contribution in [0.1, 0.15) is 12.5 Å². The number of hydrogen-bond donors (Lipinski definition) is 1. The van der Waals surface area contributed by atoms with E-state index in [1.165, 1.54) is 12.1 Å². The molecule has 0 amide bonds. The van der Waals surface area contributed by atoms with Gasteiger partial charge in [-0.25, -0.2) is 4.79 Å². The van der Waals surface area contributed by atoms with Gasteiger partial charge in [0.15, 0.2) is 0 Å². The molecule has 1 unspecified atom stereocenters. The first-order valence-corrected chi connectivity index (χ1v) is 8.22. The molecule has 1 aromatic carbocycles. The summed E-state index contributed by atoms with van der Waals surface area (Å²) in [7, 11) is 0. The van der Waals surface area contributed by atoms with Gasteiger partial charge in [-0.2, -0.15) is 0 Å². The molecule has 1 atom stereocenters. The number of rotatable bonds is 4. The first-order chi connectivity index (χ1) is 8.91. The van der Waals surface area contributed by atoms with Crippen LogP contribution in [0.15, 0.2) is 33.5 Å². The van der Waals surface area contributed by atoms with Gasteiger partial charge in [0.2, 0.25) is 0 Å². The normalized spacial score (nSPS) is 14.3. The highest BCUT2D eigenvalue weighted by Crippen LogP contribution is 2.44. The molecule has 0 aliphatic rings. The zero-order valence-electron chi connectivity index (χ0n) is 10.5. The van der Waals surface area contributed by atoms with Crippen molar-refractivity contribution in [2.75, 3.05) is 6.61 Å². The molecular weight excluding hydrogens is 287 g/mol. The van der Waals surface area contributed by atoms with Crippen molar-refractivity contribution >= 4 is 29.5 Å². The lowest BCUT2D eigenvalue weighted by molar-refractivity contribution is 0.271. The topological polar surface area (TPSA) is 68.9 Å². The maximum absolute atomic E-state index is 11.3. The Morgan fingerprint density at radius 1 is 1.42 bits per heavy atom. The minimum absolute atomic E-state index is 0.259. The molecule has 2 aromatic rings. The quantitative estimate of drug-likeness (QED) is 0.691. The van der Waals surface area contributed by atoms with Crippen LogP contribution in [-0.4, -0.2) is 11.5 Å². The van der Waals surface area contributed by atoms with Crippen molar-refractivity contribution < 1.29 is 18.4 Å². The summed E-state index contributed by atoms with van der Waals surface area (Å²) in [6, 6.07) is 6.31. The first-order valence-electron chi connectivity index (χ1n) is 5.63. The van der Waals surface area contributed by atoms with Crippen LogP contribution >= 0.6 is 6.72 Å². The molecule has 0 spiro atoms. The van der Waals surface area contributed by atoms with Crippen molar-refractivity contribution in [2.24, 2.45) is 0 Å². The SMILES string of the molecule is CCOP(O)(=S)Oc1ccc2c(C)cc(=O)oc2c1. The Morgan fingerprint density at radius 3 is 2.84 bits per heavy atom. The molecule has 7 heteroatoms. The molecule has 102 valence electrons. The largest absolute Gasteiger partial charge is 0.424 e. The van der Waals surface area contributed by atoms with Crippen LogP contribution in [0.2, 0.25) is 0 Å². The summed E-state index contributed by atoms with van der Waals surface area (Å²) in [5, 5.41) is 0.801. The Kier molecular flexibility index (Phi) is 4.06. The molecular formula is C12H13O5PS. The number of hydrogen-bond acceptors (Lipinski definition) is 5. The average Bonchev–Trinajstić information content (AvgIpc) is 2.26. The van der Waals surface area contributed by atoms with Crippen LogP contribution < -0.4 is 10.1 Å². The number of fused-ring (bicyclic) bond motifs is 1. The van der Waals surface area contributed by atoms with Crippen molar-refractivity contribution in [1.29, 1.82) is 0 Å². The maximum atomic E-state index is 11.3. The molecule has 0 fully saturated rings. The predicted octanol–water partition coefficient (Wildman–Crippen LogP) is 2.73. The molecule has 5 nitrogen and oxygen atoms in total. The van der Waals surface area contributed by atoms with Crippen LogP contribution in [0.25, 0.3) is 11.0 Å². The van der Waals surface area contributed by atoms with E-state index in [0.29, 0.717) is 11.3 Å². The van der Waals surface area contributed by atoms with E-state index in [9.17, 15) is 9.69 Å². The summed E-state index contributed by atoms with van der Waals surface area (Å²) < 4.78 is 15.3. The standard InChI is InChI=1S/C12H13O5PS/c1-3-15-18(14,19)17-9-4-5-10-8(2)6-12(13)16-11(10)7-9/h4-7H,3H2,1-2H3,(H,14,19). The molecule has 0 saturated carbocycles. The van der Waals surface area contributed by atoms with E-state index in [2.05, 4.69) is 0 Å². The van der Waals surface area contributed by atoms with Gasteiger partial charge >= 0.3 is 12.3 Å². The van der Waals surface area contributed by atoms with Gasteiger partial charge in [0.05, 0.1) is 6.61 Å². The molecule has 19 heavy (non-hydrogen) atoms. The van der Waals surface area contributed by atoms with Crippen LogP contribution in [0, 0.1) is 6.92 Å². The third-order valence-corrected chi connectivity index (χ3v) is 4.00. The van der Waals surface area contributed by atoms with Crippen molar-refractivity contribution in [1.82, 2.24) is 0 Å². The average molecular weight is 300 g/mol. The summed E-state index contributed by atoms with van der Waals surface area (Å²) in [4.78, 5) is 21.0. The van der Waals surface area contributed by atoms with Gasteiger partial charge in [-0.3, -0.25) is 4.52 Å². The molecule has 2 rings (SSSR count). The Labute approximate surface area is 115 Å². The molecule has 0 bridgehead atoms. The van der Waals surface area contributed by atoms with Gasteiger partial charge in [-0.1, -0.05) is 0 Å². The van der Waals surface area contributed by atoms with Gasteiger partial charge in [0.25, 0.3) is 0 Å². The van der Waals surface area contributed by atoms with Crippen LogP contribution in [0.3, 0.4) is 0 Å². The third kappa shape index (κ3) is 3.42. The second kappa shape index (κ2) is 5.43. The van der Waals surface area contributed by atoms with E-state index in [-0.39, 0.29) is 6.61 Å². The van der Waals surface area contributed by atoms with Crippen LogP contribution in [0.4, 0.5) is 0 Å². The van der Waals surface area contributed by atoms with Crippen molar-refractivity contribution in [3.8, 4) is 5.75 Å². The Bertz CT molecular complexity index is 709. The van der Waals surface area contributed by atoms with Crippen LogP contribution in [0.5, 0.6) is 5.75 Å². The molecule has 1 N–H and O–H groups in total. The van der Waals surface area contributed by atoms with E-state index < -0.39 is 12.3 Å². The second-order valence-corrected chi connectivity index (χ2v) is 6.65. The lowest BCUT2D eigenvalue weighted by atomic mass is 10.1. The highest BCUT2D eigenvalue weighted by atomic mass is 32.5. The van der Waals surface area contributed by atoms with Gasteiger partial charge in [-0.05, 0) is 31.5 Å². The summed E-state index contributed by atoms with van der Waals surface area (Å²) in [5.41, 5.74) is 0.760. The lowest BCUT2D eigenvalue weighted by Crippen LogP contribution is -1.99. The predicted molar refractivity (Wildman–Crippen MR) is 76.0 cm³/mol. The minimum atomic E-state index is -3.30. The molecule has 0 radical (unpaired) electrons. The van der Waals surface area contributed by atoms with Gasteiger partial charge < -0.3 is 13.8 Å². The molecule has 1 aromatic heterocycles. The number of aryl methyl sites for hydroxylation is 1. The van der Waals surface area contributed by atoms with Crippen molar-refractivity contribution in [3.63, 3.8) is 0 Å². The maximum Gasteiger partial charge on any atom is 0.377 e. The van der Waals surface area contributed by atoms with E-state index in [4.69, 9.17) is 25.3 Å². The van der Waals surface area contributed by atoms with E-state index in [1.807, 2.05) is 6.92 Å². The van der Waals surface area contributed by atoms with E-state index >= 15 is 0 Å². The molecule has 1 heterocycles. The molecule has 0 saturated heterocycles. The highest BCUT2D eigenvalue weighted by Gasteiger charge is 2.16. The first kappa shape index (κ1) is 14.2. The smallest absolute Gasteiger partial charge is 0.377 e. The van der Waals surface area contributed by atoms with Gasteiger partial charge in [-0.15, -0.1) is 0 Å². The van der Waals surface area contributed by atoms with Crippen molar-refractivity contribution in [3.05, 3.63) is 40.2 Å². The summed E-state index contributed by atoms with van der Waals surface area (Å²) in [6.45, 7) is 0.484. The summed E-state index contributed by atoms with van der Waals surface area (Å²) >= 11 is 4.83. The van der Waals surface area contributed by atoms with Crippen LogP contribution in [-0.2, 0) is 16.3 Å². The zero-order chi connectivity index (χ0) is 14.0. The number of benzene rings is 1. The fourth-order valence-electron chi connectivity index (χ4n) is 1.68. The summed E-state index contributed by atoms with van der Waals surface area (Å²) in [6.07, 6.45) is 0. The van der Waals surface area contributed by atoms with Gasteiger partial charge in [0, 0.05) is 29.3 Å². The third-order valence-electron chi connectivity index (χ3n) is 2.44. The minimum Gasteiger partial charge on any atom is -0.424 e. The second-order valence-electron chi connectivity index (χ2n) is 3.88. The summed E-state index contributed by atoms with van der Waals surface area (Å²) in [5.74, 6) is 0.306. The zero-order valence-corrected chi connectivity index (χ0v) is 12.2. The van der Waals surface area contributed by atoms with E-state index in [0.717, 1.165) is 10.9 Å². The Morgan fingerprint density at radius 2 is 2.16 bits per heavy atom.